The Morgan fingerprint density at radius 3 is 2.85 bits per heavy atom. The summed E-state index contributed by atoms with van der Waals surface area (Å²) in [5, 5.41) is 0.734. The van der Waals surface area contributed by atoms with E-state index in [1.807, 2.05) is 12.1 Å². The summed E-state index contributed by atoms with van der Waals surface area (Å²) in [4.78, 5) is 4.11. The highest BCUT2D eigenvalue weighted by Gasteiger charge is 1.95. The third kappa shape index (κ3) is 3.72. The number of halogens is 2. The first-order valence-electron chi connectivity index (χ1n) is 4.06. The summed E-state index contributed by atoms with van der Waals surface area (Å²) in [6.45, 7) is 0.0682. The summed E-state index contributed by atoms with van der Waals surface area (Å²) in [6.07, 6.45) is 2.08. The molecule has 2 nitrogen and oxygen atoms in total. The van der Waals surface area contributed by atoms with Gasteiger partial charge in [-0.15, -0.1) is 0 Å². The Balaban J connectivity index is 2.40. The van der Waals surface area contributed by atoms with E-state index in [-0.39, 0.29) is 6.67 Å². The maximum Gasteiger partial charge on any atom is 0.137 e. The van der Waals surface area contributed by atoms with Crippen LogP contribution in [0, 0.1) is 0 Å². The summed E-state index contributed by atoms with van der Waals surface area (Å²) in [6, 6.07) is 3.71. The molecule has 72 valence electrons. The van der Waals surface area contributed by atoms with E-state index in [1.54, 1.807) is 6.20 Å². The molecule has 0 radical (unpaired) electrons. The minimum absolute atomic E-state index is 0.340. The van der Waals surface area contributed by atoms with Crippen LogP contribution in [0.3, 0.4) is 0 Å². The molecule has 0 aliphatic carbocycles. The maximum absolute atomic E-state index is 11.7. The van der Waals surface area contributed by atoms with Crippen molar-refractivity contribution in [3.05, 3.63) is 24.0 Å². The van der Waals surface area contributed by atoms with Crippen LogP contribution in [0.15, 0.2) is 18.3 Å². The van der Waals surface area contributed by atoms with Gasteiger partial charge in [0.25, 0.3) is 0 Å². The fourth-order valence-electron chi connectivity index (χ4n) is 0.820. The van der Waals surface area contributed by atoms with E-state index in [9.17, 15) is 4.39 Å². The Labute approximate surface area is 85.3 Å². The second-order valence-corrected chi connectivity index (χ2v) is 3.07. The average molecular weight is 248 g/mol. The molecule has 1 rings (SSSR count). The SMILES string of the molecule is FCCCOc1ccc(CBr)nc1. The molecule has 0 aromatic carbocycles. The van der Waals surface area contributed by atoms with Crippen LogP contribution in [-0.4, -0.2) is 18.3 Å². The maximum atomic E-state index is 11.7. The minimum Gasteiger partial charge on any atom is -0.492 e. The first-order valence-corrected chi connectivity index (χ1v) is 5.18. The highest BCUT2D eigenvalue weighted by molar-refractivity contribution is 9.08. The number of hydrogen-bond acceptors (Lipinski definition) is 2. The molecule has 1 heterocycles. The number of alkyl halides is 2. The summed E-state index contributed by atoms with van der Waals surface area (Å²) in [5.74, 6) is 0.693. The quantitative estimate of drug-likeness (QED) is 0.590. The van der Waals surface area contributed by atoms with E-state index in [2.05, 4.69) is 20.9 Å². The number of ether oxygens (including phenoxy) is 1. The van der Waals surface area contributed by atoms with Crippen molar-refractivity contribution in [1.82, 2.24) is 4.98 Å². The zero-order valence-corrected chi connectivity index (χ0v) is 8.76. The lowest BCUT2D eigenvalue weighted by Gasteiger charge is -2.03. The molecule has 1 aromatic heterocycles. The monoisotopic (exact) mass is 247 g/mol. The molecule has 0 unspecified atom stereocenters. The molecule has 0 atom stereocenters. The Morgan fingerprint density at radius 2 is 2.31 bits per heavy atom. The van der Waals surface area contributed by atoms with Gasteiger partial charge in [-0.25, -0.2) is 0 Å². The van der Waals surface area contributed by atoms with Gasteiger partial charge in [0.2, 0.25) is 0 Å². The summed E-state index contributed by atoms with van der Waals surface area (Å²) in [7, 11) is 0. The molecule has 0 amide bonds. The van der Waals surface area contributed by atoms with E-state index in [0.29, 0.717) is 18.8 Å². The molecule has 0 aliphatic heterocycles. The van der Waals surface area contributed by atoms with Crippen molar-refractivity contribution < 1.29 is 9.13 Å². The minimum atomic E-state index is -0.340. The van der Waals surface area contributed by atoms with Gasteiger partial charge in [0.1, 0.15) is 5.75 Å². The van der Waals surface area contributed by atoms with Crippen molar-refractivity contribution >= 4 is 15.9 Å². The van der Waals surface area contributed by atoms with Crippen molar-refractivity contribution in [2.24, 2.45) is 0 Å². The number of pyridine rings is 1. The first-order chi connectivity index (χ1) is 6.36. The predicted molar refractivity (Wildman–Crippen MR) is 53.0 cm³/mol. The fourth-order valence-corrected chi connectivity index (χ4v) is 1.15. The number of hydrogen-bond donors (Lipinski definition) is 0. The highest BCUT2D eigenvalue weighted by Crippen LogP contribution is 2.10. The van der Waals surface area contributed by atoms with Crippen LogP contribution < -0.4 is 4.74 Å². The molecule has 0 saturated heterocycles. The molecule has 0 saturated carbocycles. The van der Waals surface area contributed by atoms with Gasteiger partial charge in [-0.2, -0.15) is 0 Å². The second-order valence-electron chi connectivity index (χ2n) is 2.51. The second kappa shape index (κ2) is 5.91. The van der Waals surface area contributed by atoms with Gasteiger partial charge in [0.15, 0.2) is 0 Å². The molecule has 0 N–H and O–H groups in total. The Bertz CT molecular complexity index is 240. The third-order valence-corrected chi connectivity index (χ3v) is 2.06. The van der Waals surface area contributed by atoms with E-state index in [1.165, 1.54) is 0 Å². The molecule has 4 heteroatoms. The molecular formula is C9H11BrFNO. The van der Waals surface area contributed by atoms with Gasteiger partial charge in [0.05, 0.1) is 25.2 Å². The van der Waals surface area contributed by atoms with E-state index in [0.717, 1.165) is 11.0 Å². The summed E-state index contributed by atoms with van der Waals surface area (Å²) >= 11 is 3.29. The molecule has 0 bridgehead atoms. The molecule has 13 heavy (non-hydrogen) atoms. The van der Waals surface area contributed by atoms with E-state index < -0.39 is 0 Å². The molecular weight excluding hydrogens is 237 g/mol. The topological polar surface area (TPSA) is 22.1 Å². The molecule has 1 aromatic rings. The van der Waals surface area contributed by atoms with Crippen LogP contribution in [0.1, 0.15) is 12.1 Å². The fraction of sp³-hybridized carbons (Fsp3) is 0.444. The number of rotatable bonds is 5. The van der Waals surface area contributed by atoms with Gasteiger partial charge < -0.3 is 4.74 Å². The van der Waals surface area contributed by atoms with Crippen LogP contribution in [-0.2, 0) is 5.33 Å². The lowest BCUT2D eigenvalue weighted by Crippen LogP contribution is -1.98. The Kier molecular flexibility index (Phi) is 4.75. The molecule has 0 fully saturated rings. The largest absolute Gasteiger partial charge is 0.492 e. The third-order valence-electron chi connectivity index (χ3n) is 1.48. The van der Waals surface area contributed by atoms with Gasteiger partial charge in [-0.1, -0.05) is 15.9 Å². The van der Waals surface area contributed by atoms with Crippen LogP contribution in [0.4, 0.5) is 4.39 Å². The average Bonchev–Trinajstić information content (AvgIpc) is 2.19. The smallest absolute Gasteiger partial charge is 0.137 e. The Morgan fingerprint density at radius 1 is 1.46 bits per heavy atom. The first kappa shape index (κ1) is 10.4. The van der Waals surface area contributed by atoms with Crippen molar-refractivity contribution in [2.45, 2.75) is 11.8 Å². The van der Waals surface area contributed by atoms with Crippen molar-refractivity contribution in [3.8, 4) is 5.75 Å². The lowest BCUT2D eigenvalue weighted by molar-refractivity contribution is 0.288. The van der Waals surface area contributed by atoms with Gasteiger partial charge in [-0.3, -0.25) is 9.37 Å². The van der Waals surface area contributed by atoms with E-state index in [4.69, 9.17) is 4.74 Å². The van der Waals surface area contributed by atoms with Gasteiger partial charge >= 0.3 is 0 Å². The van der Waals surface area contributed by atoms with Gasteiger partial charge in [-0.05, 0) is 12.1 Å². The summed E-state index contributed by atoms with van der Waals surface area (Å²) in [5.41, 5.74) is 0.956. The molecule has 0 spiro atoms. The van der Waals surface area contributed by atoms with Crippen LogP contribution in [0.5, 0.6) is 5.75 Å². The van der Waals surface area contributed by atoms with Crippen molar-refractivity contribution in [3.63, 3.8) is 0 Å². The van der Waals surface area contributed by atoms with Crippen LogP contribution in [0.2, 0.25) is 0 Å². The normalized spacial score (nSPS) is 10.0. The predicted octanol–water partition coefficient (Wildman–Crippen LogP) is 2.71. The van der Waals surface area contributed by atoms with E-state index >= 15 is 0 Å². The van der Waals surface area contributed by atoms with Crippen molar-refractivity contribution in [2.75, 3.05) is 13.3 Å². The zero-order chi connectivity index (χ0) is 9.52. The van der Waals surface area contributed by atoms with Gasteiger partial charge in [0, 0.05) is 11.8 Å². The zero-order valence-electron chi connectivity index (χ0n) is 7.17. The van der Waals surface area contributed by atoms with Crippen LogP contribution in [0.25, 0.3) is 0 Å². The standard InChI is InChI=1S/C9H11BrFNO/c10-6-8-2-3-9(7-12-8)13-5-1-4-11/h2-3,7H,1,4-6H2. The lowest BCUT2D eigenvalue weighted by atomic mass is 10.4. The number of nitrogens with zero attached hydrogens (tertiary/aromatic N) is 1. The van der Waals surface area contributed by atoms with Crippen LogP contribution >= 0.6 is 15.9 Å². The van der Waals surface area contributed by atoms with Crippen molar-refractivity contribution in [1.29, 1.82) is 0 Å². The number of aromatic nitrogens is 1. The summed E-state index contributed by atoms with van der Waals surface area (Å²) < 4.78 is 16.9. The molecule has 0 aliphatic rings. The highest BCUT2D eigenvalue weighted by atomic mass is 79.9. The Hall–Kier alpha value is -0.640.